The zero-order chi connectivity index (χ0) is 31.2. The standard InChI is InChI=1S/C33H31ClFN7O3/c1-18-4-3-5-23(26-14-21(12-13-36-26)31-27(38-32(18)43)16-37-42(31)19(2)35)24-9-11-30(45-33(24)44)25-15-22(34)8-10-29(25)41-17-28(39-40-41)20-6-7-20/h8-20,23H,3-7H2,1-2H3,(H,38,43)/t18-,19?,23-/m0/s1. The van der Waals surface area contributed by atoms with Crippen LogP contribution in [0.5, 0.6) is 0 Å². The van der Waals surface area contributed by atoms with Gasteiger partial charge >= 0.3 is 5.63 Å². The summed E-state index contributed by atoms with van der Waals surface area (Å²) in [5.74, 6) is -0.132. The normalized spacial score (nSPS) is 19.2. The van der Waals surface area contributed by atoms with Gasteiger partial charge in [-0.25, -0.2) is 18.5 Å². The van der Waals surface area contributed by atoms with Crippen molar-refractivity contribution in [1.82, 2.24) is 29.8 Å². The number of hydrogen-bond acceptors (Lipinski definition) is 7. The summed E-state index contributed by atoms with van der Waals surface area (Å²) in [7, 11) is 0. The Morgan fingerprint density at radius 3 is 2.69 bits per heavy atom. The second-order valence-electron chi connectivity index (χ2n) is 11.8. The van der Waals surface area contributed by atoms with Crippen molar-refractivity contribution in [3.8, 4) is 28.3 Å². The number of aromatic nitrogens is 6. The topological polar surface area (TPSA) is 121 Å². The van der Waals surface area contributed by atoms with Gasteiger partial charge in [0.2, 0.25) is 5.91 Å². The molecule has 3 atom stereocenters. The number of halogens is 2. The molecule has 1 aliphatic carbocycles. The molecule has 1 aliphatic heterocycles. The Bertz CT molecular complexity index is 1960. The second-order valence-corrected chi connectivity index (χ2v) is 12.3. The maximum absolute atomic E-state index is 14.6. The van der Waals surface area contributed by atoms with E-state index in [9.17, 15) is 14.0 Å². The molecule has 1 unspecified atom stereocenters. The molecular weight excluding hydrogens is 597 g/mol. The van der Waals surface area contributed by atoms with Gasteiger partial charge in [-0.1, -0.05) is 30.2 Å². The van der Waals surface area contributed by atoms with Crippen LogP contribution in [0.15, 0.2) is 70.3 Å². The smallest absolute Gasteiger partial charge is 0.340 e. The molecule has 0 radical (unpaired) electrons. The Morgan fingerprint density at radius 1 is 1.07 bits per heavy atom. The number of carbonyl (C=O) groups excluding carboxylic acids is 1. The summed E-state index contributed by atoms with van der Waals surface area (Å²) >= 11 is 6.39. The van der Waals surface area contributed by atoms with Crippen LogP contribution in [0.4, 0.5) is 10.1 Å². The molecule has 1 amide bonds. The maximum Gasteiger partial charge on any atom is 0.340 e. The van der Waals surface area contributed by atoms with Crippen LogP contribution in [0.1, 0.15) is 81.0 Å². The van der Waals surface area contributed by atoms with Gasteiger partial charge in [0.15, 0.2) is 6.30 Å². The van der Waals surface area contributed by atoms with Crippen LogP contribution < -0.4 is 10.9 Å². The third-order valence-corrected chi connectivity index (χ3v) is 8.82. The third kappa shape index (κ3) is 5.68. The van der Waals surface area contributed by atoms with Gasteiger partial charge in [0, 0.05) is 51.4 Å². The van der Waals surface area contributed by atoms with Crippen molar-refractivity contribution in [3.05, 3.63) is 93.4 Å². The lowest BCUT2D eigenvalue weighted by Gasteiger charge is -2.20. The lowest BCUT2D eigenvalue weighted by atomic mass is 9.88. The first-order chi connectivity index (χ1) is 21.8. The first kappa shape index (κ1) is 29.1. The van der Waals surface area contributed by atoms with Gasteiger partial charge in [-0.2, -0.15) is 5.10 Å². The van der Waals surface area contributed by atoms with Crippen molar-refractivity contribution in [3.63, 3.8) is 0 Å². The predicted octanol–water partition coefficient (Wildman–Crippen LogP) is 7.06. The van der Waals surface area contributed by atoms with E-state index >= 15 is 0 Å². The van der Waals surface area contributed by atoms with Crippen LogP contribution in [0, 0.1) is 5.92 Å². The van der Waals surface area contributed by atoms with Crippen molar-refractivity contribution in [1.29, 1.82) is 0 Å². The molecule has 5 heterocycles. The number of carbonyl (C=O) groups is 1. The van der Waals surface area contributed by atoms with Crippen molar-refractivity contribution >= 4 is 23.2 Å². The van der Waals surface area contributed by atoms with E-state index in [1.807, 2.05) is 25.3 Å². The number of anilines is 1. The fraction of sp³-hybridized carbons (Fsp3) is 0.333. The quantitative estimate of drug-likeness (QED) is 0.221. The van der Waals surface area contributed by atoms with Crippen molar-refractivity contribution in [2.45, 2.75) is 64.1 Å². The first-order valence-electron chi connectivity index (χ1n) is 15.1. The Labute approximate surface area is 263 Å². The second kappa shape index (κ2) is 11.7. The van der Waals surface area contributed by atoms with Gasteiger partial charge in [-0.05, 0) is 75.1 Å². The van der Waals surface area contributed by atoms with E-state index in [0.29, 0.717) is 75.4 Å². The fourth-order valence-corrected chi connectivity index (χ4v) is 6.14. The Balaban J connectivity index is 1.30. The van der Waals surface area contributed by atoms with Gasteiger partial charge < -0.3 is 9.73 Å². The predicted molar refractivity (Wildman–Crippen MR) is 167 cm³/mol. The molecule has 0 spiro atoms. The number of benzene rings is 1. The fourth-order valence-electron chi connectivity index (χ4n) is 5.97. The number of nitrogens with one attached hydrogen (secondary N) is 1. The minimum Gasteiger partial charge on any atom is -0.422 e. The minimum atomic E-state index is -1.43. The summed E-state index contributed by atoms with van der Waals surface area (Å²) in [5, 5.41) is 16.3. The Kier molecular flexibility index (Phi) is 7.56. The van der Waals surface area contributed by atoms with Gasteiger partial charge in [0.1, 0.15) is 5.76 Å². The maximum atomic E-state index is 14.6. The molecular formula is C33H31ClFN7O3. The highest BCUT2D eigenvalue weighted by Crippen LogP contribution is 2.40. The van der Waals surface area contributed by atoms with Gasteiger partial charge in [0.05, 0.1) is 35.2 Å². The first-order valence-corrected chi connectivity index (χ1v) is 15.5. The molecule has 10 nitrogen and oxygen atoms in total. The van der Waals surface area contributed by atoms with Crippen LogP contribution >= 0.6 is 11.6 Å². The summed E-state index contributed by atoms with van der Waals surface area (Å²) in [5.41, 5.74) is 4.28. The molecule has 4 aromatic heterocycles. The molecule has 12 heteroatoms. The highest BCUT2D eigenvalue weighted by Gasteiger charge is 2.28. The van der Waals surface area contributed by atoms with Gasteiger partial charge in [-0.15, -0.1) is 5.10 Å². The molecule has 2 bridgehead atoms. The minimum absolute atomic E-state index is 0.174. The number of nitrogens with zero attached hydrogens (tertiary/aromatic N) is 6. The lowest BCUT2D eigenvalue weighted by molar-refractivity contribution is -0.119. The molecule has 1 saturated carbocycles. The van der Waals surface area contributed by atoms with Gasteiger partial charge in [0.25, 0.3) is 0 Å². The van der Waals surface area contributed by atoms with Gasteiger partial charge in [-0.3, -0.25) is 9.78 Å². The van der Waals surface area contributed by atoms with Crippen LogP contribution in [-0.4, -0.2) is 35.7 Å². The number of hydrogen-bond donors (Lipinski definition) is 1. The molecule has 230 valence electrons. The highest BCUT2D eigenvalue weighted by molar-refractivity contribution is 6.31. The largest absolute Gasteiger partial charge is 0.422 e. The SMILES string of the molecule is CC(F)n1ncc2c1-c1ccnc(c1)[C@H](c1ccc(-c3cc(Cl)ccc3-n3cc(C4CC4)nn3)oc1=O)CCC[C@H](C)C(=O)N2. The summed E-state index contributed by atoms with van der Waals surface area (Å²) < 4.78 is 23.5. The van der Waals surface area contributed by atoms with Crippen LogP contribution in [0.25, 0.3) is 28.3 Å². The molecule has 45 heavy (non-hydrogen) atoms. The van der Waals surface area contributed by atoms with Crippen molar-refractivity contribution in [2.24, 2.45) is 5.92 Å². The average Bonchev–Trinajstić information content (AvgIpc) is 3.60. The number of rotatable bonds is 5. The molecule has 1 fully saturated rings. The van der Waals surface area contributed by atoms with E-state index in [2.05, 4.69) is 25.7 Å². The van der Waals surface area contributed by atoms with Crippen LogP contribution in [0.3, 0.4) is 0 Å². The van der Waals surface area contributed by atoms with E-state index in [4.69, 9.17) is 16.0 Å². The third-order valence-electron chi connectivity index (χ3n) is 8.59. The number of amides is 1. The Hall–Kier alpha value is -4.64. The molecule has 1 N–H and O–H groups in total. The monoisotopic (exact) mass is 627 g/mol. The highest BCUT2D eigenvalue weighted by atomic mass is 35.5. The van der Waals surface area contributed by atoms with Crippen LogP contribution in [0.2, 0.25) is 5.02 Å². The number of pyridine rings is 1. The summed E-state index contributed by atoms with van der Waals surface area (Å²) in [6.45, 7) is 3.23. The molecule has 5 aromatic rings. The van der Waals surface area contributed by atoms with E-state index in [1.54, 1.807) is 41.2 Å². The molecule has 1 aromatic carbocycles. The van der Waals surface area contributed by atoms with Crippen LogP contribution in [-0.2, 0) is 4.79 Å². The summed E-state index contributed by atoms with van der Waals surface area (Å²) in [4.78, 5) is 31.4. The van der Waals surface area contributed by atoms with Crippen molar-refractivity contribution < 1.29 is 13.6 Å². The summed E-state index contributed by atoms with van der Waals surface area (Å²) in [6.07, 6.45) is 7.56. The Morgan fingerprint density at radius 2 is 1.91 bits per heavy atom. The summed E-state index contributed by atoms with van der Waals surface area (Å²) in [6, 6.07) is 12.4. The van der Waals surface area contributed by atoms with E-state index in [1.165, 1.54) is 17.8 Å². The zero-order valence-electron chi connectivity index (χ0n) is 24.8. The van der Waals surface area contributed by atoms with E-state index in [-0.39, 0.29) is 11.8 Å². The zero-order valence-corrected chi connectivity index (χ0v) is 25.5. The van der Waals surface area contributed by atoms with Crippen molar-refractivity contribution in [2.75, 3.05) is 5.32 Å². The number of fused-ring (bicyclic) bond motifs is 4. The number of alkyl halides is 1. The average molecular weight is 628 g/mol. The molecule has 2 aliphatic rings. The lowest BCUT2D eigenvalue weighted by Crippen LogP contribution is -2.22. The van der Waals surface area contributed by atoms with E-state index < -0.39 is 17.8 Å². The molecule has 7 rings (SSSR count). The van der Waals surface area contributed by atoms with E-state index in [0.717, 1.165) is 18.5 Å². The molecule has 0 saturated heterocycles.